The number of hydrogen-bond donors (Lipinski definition) is 2. The van der Waals surface area contributed by atoms with Crippen LogP contribution in [0.1, 0.15) is 18.9 Å². The average molecular weight is 329 g/mol. The third-order valence-corrected chi connectivity index (χ3v) is 4.20. The molecule has 2 atom stereocenters. The molecule has 1 fully saturated rings. The van der Waals surface area contributed by atoms with Crippen LogP contribution in [-0.2, 0) is 0 Å². The number of benzene rings is 1. The van der Waals surface area contributed by atoms with E-state index in [9.17, 15) is 5.11 Å². The molecule has 3 N–H and O–H groups in total. The summed E-state index contributed by atoms with van der Waals surface area (Å²) < 4.78 is 0.958. The first-order chi connectivity index (χ1) is 8.49. The van der Waals surface area contributed by atoms with Crippen molar-refractivity contribution in [1.29, 1.82) is 0 Å². The van der Waals surface area contributed by atoms with E-state index >= 15 is 0 Å². The zero-order valence-corrected chi connectivity index (χ0v) is 12.7. The van der Waals surface area contributed by atoms with E-state index in [0.29, 0.717) is 17.5 Å². The monoisotopic (exact) mass is 328 g/mol. The summed E-state index contributed by atoms with van der Waals surface area (Å²) in [5, 5.41) is 9.98. The quantitative estimate of drug-likeness (QED) is 0.818. The van der Waals surface area contributed by atoms with Crippen LogP contribution < -0.4 is 10.6 Å². The Labute approximate surface area is 121 Å². The Bertz CT molecular complexity index is 466. The third kappa shape index (κ3) is 2.84. The van der Waals surface area contributed by atoms with Crippen molar-refractivity contribution in [3.8, 4) is 0 Å². The third-order valence-electron chi connectivity index (χ3n) is 3.48. The van der Waals surface area contributed by atoms with Crippen molar-refractivity contribution < 1.29 is 5.11 Å². The van der Waals surface area contributed by atoms with Crippen LogP contribution in [0.25, 0.3) is 0 Å². The Morgan fingerprint density at radius 3 is 2.89 bits per heavy atom. The van der Waals surface area contributed by atoms with Crippen LogP contribution in [0.15, 0.2) is 22.7 Å². The zero-order chi connectivity index (χ0) is 13.3. The van der Waals surface area contributed by atoms with Gasteiger partial charge in [-0.2, -0.15) is 0 Å². The summed E-state index contributed by atoms with van der Waals surface area (Å²) in [5.74, 6) is 0.352. The van der Waals surface area contributed by atoms with E-state index in [1.807, 2.05) is 18.2 Å². The molecule has 0 aliphatic carbocycles. The van der Waals surface area contributed by atoms with E-state index in [2.05, 4.69) is 27.8 Å². The van der Waals surface area contributed by atoms with E-state index < -0.39 is 0 Å². The molecule has 1 aromatic carbocycles. The molecule has 1 aliphatic heterocycles. The van der Waals surface area contributed by atoms with Gasteiger partial charge in [0.25, 0.3) is 0 Å². The van der Waals surface area contributed by atoms with Crippen molar-refractivity contribution in [2.45, 2.75) is 19.4 Å². The number of nitrogens with zero attached hydrogens (tertiary/aromatic N) is 1. The first-order valence-electron chi connectivity index (χ1n) is 6.01. The second-order valence-corrected chi connectivity index (χ2v) is 6.16. The molecule has 0 radical (unpaired) electrons. The molecule has 3 nitrogen and oxygen atoms in total. The number of rotatable bonds is 2. The maximum atomic E-state index is 9.98. The highest BCUT2D eigenvalue weighted by Crippen LogP contribution is 2.28. The minimum absolute atomic E-state index is 0.290. The van der Waals surface area contributed by atoms with Crippen molar-refractivity contribution in [3.05, 3.63) is 28.2 Å². The number of hydrogen-bond acceptors (Lipinski definition) is 3. The van der Waals surface area contributed by atoms with Gasteiger partial charge in [0.1, 0.15) is 4.99 Å². The molecular weight excluding hydrogens is 312 g/mol. The molecule has 1 saturated heterocycles. The molecule has 0 spiro atoms. The summed E-state index contributed by atoms with van der Waals surface area (Å²) in [7, 11) is 0. The molecule has 98 valence electrons. The van der Waals surface area contributed by atoms with Gasteiger partial charge >= 0.3 is 0 Å². The topological polar surface area (TPSA) is 49.5 Å². The van der Waals surface area contributed by atoms with E-state index in [4.69, 9.17) is 18.0 Å². The van der Waals surface area contributed by atoms with Gasteiger partial charge in [-0.3, -0.25) is 0 Å². The Morgan fingerprint density at radius 1 is 1.56 bits per heavy atom. The largest absolute Gasteiger partial charge is 0.391 e. The number of nitrogens with two attached hydrogens (primary N) is 1. The van der Waals surface area contributed by atoms with Crippen LogP contribution in [0.3, 0.4) is 0 Å². The lowest BCUT2D eigenvalue weighted by Gasteiger charge is -2.36. The van der Waals surface area contributed by atoms with Crippen molar-refractivity contribution >= 4 is 38.8 Å². The molecule has 0 saturated carbocycles. The molecule has 1 aromatic rings. The molecule has 1 aliphatic rings. The van der Waals surface area contributed by atoms with Crippen molar-refractivity contribution in [2.24, 2.45) is 11.7 Å². The first-order valence-corrected chi connectivity index (χ1v) is 7.21. The minimum atomic E-state index is -0.290. The van der Waals surface area contributed by atoms with E-state index in [-0.39, 0.29) is 6.10 Å². The number of aliphatic hydroxyl groups is 1. The maximum Gasteiger partial charge on any atom is 0.106 e. The maximum absolute atomic E-state index is 9.98. The van der Waals surface area contributed by atoms with Crippen molar-refractivity contribution in [1.82, 2.24) is 0 Å². The minimum Gasteiger partial charge on any atom is -0.391 e. The van der Waals surface area contributed by atoms with Crippen molar-refractivity contribution in [2.75, 3.05) is 18.0 Å². The summed E-state index contributed by atoms with van der Waals surface area (Å²) >= 11 is 8.53. The zero-order valence-electron chi connectivity index (χ0n) is 10.3. The van der Waals surface area contributed by atoms with Gasteiger partial charge in [0.2, 0.25) is 0 Å². The lowest BCUT2D eigenvalue weighted by Crippen LogP contribution is -2.43. The van der Waals surface area contributed by atoms with Gasteiger partial charge in [-0.15, -0.1) is 0 Å². The molecule has 0 aromatic heterocycles. The van der Waals surface area contributed by atoms with Gasteiger partial charge in [0.05, 0.1) is 6.10 Å². The smallest absolute Gasteiger partial charge is 0.106 e. The molecule has 0 amide bonds. The Hall–Kier alpha value is -0.650. The number of thiocarbonyl (C=S) groups is 1. The Morgan fingerprint density at radius 2 is 2.28 bits per heavy atom. The molecule has 2 unspecified atom stereocenters. The Kier molecular flexibility index (Phi) is 4.25. The van der Waals surface area contributed by atoms with Crippen LogP contribution in [-0.4, -0.2) is 29.3 Å². The van der Waals surface area contributed by atoms with Gasteiger partial charge in [-0.05, 0) is 30.5 Å². The van der Waals surface area contributed by atoms with E-state index in [1.165, 1.54) is 0 Å². The standard InChI is InChI=1S/C13H17BrN2OS/c1-8-4-5-16(7-12(8)17)11-3-2-9(14)6-10(11)13(15)18/h2-3,6,8,12,17H,4-5,7H2,1H3,(H2,15,18). The fourth-order valence-electron chi connectivity index (χ4n) is 2.25. The second-order valence-electron chi connectivity index (χ2n) is 4.81. The lowest BCUT2D eigenvalue weighted by atomic mass is 9.95. The van der Waals surface area contributed by atoms with Crippen LogP contribution in [0.2, 0.25) is 0 Å². The predicted molar refractivity (Wildman–Crippen MR) is 82.0 cm³/mol. The first kappa shape index (κ1) is 13.8. The second kappa shape index (κ2) is 5.55. The highest BCUT2D eigenvalue weighted by Gasteiger charge is 2.25. The molecule has 2 rings (SSSR count). The number of piperidine rings is 1. The molecular formula is C13H17BrN2OS. The van der Waals surface area contributed by atoms with Gasteiger partial charge in [-0.25, -0.2) is 0 Å². The van der Waals surface area contributed by atoms with Crippen molar-refractivity contribution in [3.63, 3.8) is 0 Å². The van der Waals surface area contributed by atoms with Crippen LogP contribution in [0, 0.1) is 5.92 Å². The predicted octanol–water partition coefficient (Wildman–Crippen LogP) is 2.29. The summed E-state index contributed by atoms with van der Waals surface area (Å²) in [6.07, 6.45) is 0.690. The highest BCUT2D eigenvalue weighted by molar-refractivity contribution is 9.10. The Balaban J connectivity index is 2.30. The summed E-state index contributed by atoms with van der Waals surface area (Å²) in [5.41, 5.74) is 7.65. The number of aliphatic hydroxyl groups excluding tert-OH is 1. The average Bonchev–Trinajstić information content (AvgIpc) is 2.32. The van der Waals surface area contributed by atoms with Crippen LogP contribution >= 0.6 is 28.1 Å². The molecule has 1 heterocycles. The van der Waals surface area contributed by atoms with E-state index in [0.717, 1.165) is 28.7 Å². The SMILES string of the molecule is CC1CCN(c2ccc(Br)cc2C(N)=S)CC1O. The normalized spacial score (nSPS) is 24.1. The summed E-state index contributed by atoms with van der Waals surface area (Å²) in [6, 6.07) is 5.91. The number of β-amino-alcohol motifs (C(OH)–C–C–N with tert-alkyl or cyclic N) is 1. The number of halogens is 1. The van der Waals surface area contributed by atoms with Gasteiger partial charge in [-0.1, -0.05) is 35.1 Å². The molecule has 18 heavy (non-hydrogen) atoms. The lowest BCUT2D eigenvalue weighted by molar-refractivity contribution is 0.103. The summed E-state index contributed by atoms with van der Waals surface area (Å²) in [4.78, 5) is 2.55. The van der Waals surface area contributed by atoms with Gasteiger partial charge in [0.15, 0.2) is 0 Å². The number of anilines is 1. The van der Waals surface area contributed by atoms with Crippen LogP contribution in [0.4, 0.5) is 5.69 Å². The highest BCUT2D eigenvalue weighted by atomic mass is 79.9. The fraction of sp³-hybridized carbons (Fsp3) is 0.462. The molecule has 5 heteroatoms. The van der Waals surface area contributed by atoms with Crippen LogP contribution in [0.5, 0.6) is 0 Å². The van der Waals surface area contributed by atoms with E-state index in [1.54, 1.807) is 0 Å². The summed E-state index contributed by atoms with van der Waals surface area (Å²) in [6.45, 7) is 3.64. The fourth-order valence-corrected chi connectivity index (χ4v) is 2.77. The molecule has 0 bridgehead atoms. The van der Waals surface area contributed by atoms with Gasteiger partial charge < -0.3 is 15.7 Å². The van der Waals surface area contributed by atoms with Gasteiger partial charge in [0, 0.05) is 28.8 Å².